The Labute approximate surface area is 438 Å². The topological polar surface area (TPSA) is 96.2 Å². The van der Waals surface area contributed by atoms with Gasteiger partial charge in [-0.05, 0) is 96.1 Å². The molecule has 16 rings (SSSR count). The summed E-state index contributed by atoms with van der Waals surface area (Å²) in [6.45, 7) is 3.96. The van der Waals surface area contributed by atoms with Gasteiger partial charge in [-0.15, -0.1) is 0 Å². The second kappa shape index (κ2) is 16.7. The molecule has 0 fully saturated rings. The van der Waals surface area contributed by atoms with Crippen LogP contribution in [-0.4, -0.2) is 19.5 Å². The predicted molar refractivity (Wildman–Crippen MR) is 313 cm³/mol. The van der Waals surface area contributed by atoms with E-state index in [1.165, 1.54) is 0 Å². The van der Waals surface area contributed by atoms with Gasteiger partial charge in [0.1, 0.15) is 44.7 Å². The Morgan fingerprint density at radius 3 is 1.56 bits per heavy atom. The highest BCUT2D eigenvalue weighted by Crippen LogP contribution is 2.47. The van der Waals surface area contributed by atoms with Crippen molar-refractivity contribution in [2.75, 3.05) is 0 Å². The Hall–Kier alpha value is -10.6. The molecule has 6 heterocycles. The van der Waals surface area contributed by atoms with Crippen LogP contribution in [0, 0.1) is 0 Å². The summed E-state index contributed by atoms with van der Waals surface area (Å²) in [7, 11) is 0. The van der Waals surface area contributed by atoms with Gasteiger partial charge in [0.15, 0.2) is 17.5 Å². The van der Waals surface area contributed by atoms with Gasteiger partial charge in [0.25, 0.3) is 0 Å². The molecule has 0 spiro atoms. The third kappa shape index (κ3) is 6.62. The van der Waals surface area contributed by atoms with E-state index >= 15 is 0 Å². The van der Waals surface area contributed by atoms with Crippen molar-refractivity contribution < 1.29 is 17.7 Å². The molecule has 0 saturated carbocycles. The predicted octanol–water partition coefficient (Wildman–Crippen LogP) is 19.0. The number of hydrogen-bond acceptors (Lipinski definition) is 7. The average Bonchev–Trinajstić information content (AvgIpc) is 4.50. The summed E-state index contributed by atoms with van der Waals surface area (Å²) in [6.07, 6.45) is 9.92. The number of fused-ring (bicyclic) bond motifs is 17. The molecule has 360 valence electrons. The molecule has 8 heteroatoms. The third-order valence-electron chi connectivity index (χ3n) is 15.0. The second-order valence-corrected chi connectivity index (χ2v) is 19.4. The highest BCUT2D eigenvalue weighted by molar-refractivity contribution is 6.28. The van der Waals surface area contributed by atoms with Crippen LogP contribution < -0.4 is 0 Å². The first kappa shape index (κ1) is 42.9. The van der Waals surface area contributed by atoms with E-state index < -0.39 is 0 Å². The van der Waals surface area contributed by atoms with E-state index in [0.717, 1.165) is 149 Å². The minimum atomic E-state index is 0.503. The average molecular weight is 989 g/mol. The van der Waals surface area contributed by atoms with Crippen LogP contribution in [0.4, 0.5) is 0 Å². The molecule has 0 unspecified atom stereocenters. The molecule has 0 aliphatic carbocycles. The van der Waals surface area contributed by atoms with Crippen LogP contribution in [0.2, 0.25) is 0 Å². The summed E-state index contributed by atoms with van der Waals surface area (Å²) in [6, 6.07) is 68.9. The van der Waals surface area contributed by atoms with Crippen LogP contribution in [-0.2, 0) is 0 Å². The third-order valence-corrected chi connectivity index (χ3v) is 15.0. The van der Waals surface area contributed by atoms with Gasteiger partial charge in [-0.25, -0.2) is 15.0 Å². The molecule has 0 amide bonds. The van der Waals surface area contributed by atoms with Crippen LogP contribution in [0.15, 0.2) is 249 Å². The van der Waals surface area contributed by atoms with Gasteiger partial charge in [-0.1, -0.05) is 152 Å². The molecule has 0 aliphatic heterocycles. The van der Waals surface area contributed by atoms with Crippen molar-refractivity contribution in [3.8, 4) is 51.0 Å². The lowest BCUT2D eigenvalue weighted by molar-refractivity contribution is 0.664. The maximum atomic E-state index is 7.15. The molecular weight excluding hydrogens is 949 g/mol. The van der Waals surface area contributed by atoms with Crippen LogP contribution >= 0.6 is 0 Å². The Kier molecular flexibility index (Phi) is 9.32. The zero-order chi connectivity index (χ0) is 50.7. The smallest absolute Gasteiger partial charge is 0.164 e. The monoisotopic (exact) mass is 988 g/mol. The summed E-state index contributed by atoms with van der Waals surface area (Å²) >= 11 is 0. The van der Waals surface area contributed by atoms with Crippen molar-refractivity contribution in [1.29, 1.82) is 0 Å². The number of rotatable bonds is 8. The Morgan fingerprint density at radius 1 is 0.351 bits per heavy atom. The van der Waals surface area contributed by atoms with Gasteiger partial charge in [0, 0.05) is 65.3 Å². The van der Waals surface area contributed by atoms with Crippen LogP contribution in [0.25, 0.3) is 167 Å². The minimum absolute atomic E-state index is 0.503. The van der Waals surface area contributed by atoms with Crippen molar-refractivity contribution in [3.63, 3.8) is 0 Å². The number of hydrogen-bond donors (Lipinski definition) is 0. The largest absolute Gasteiger partial charge is 0.456 e. The van der Waals surface area contributed by atoms with Gasteiger partial charge in [0.2, 0.25) is 0 Å². The molecule has 0 aliphatic rings. The summed E-state index contributed by atoms with van der Waals surface area (Å²) in [4.78, 5) is 16.0. The molecule has 6 aromatic heterocycles. The summed E-state index contributed by atoms with van der Waals surface area (Å²) in [5.41, 5.74) is 14.7. The maximum absolute atomic E-state index is 7.15. The summed E-state index contributed by atoms with van der Waals surface area (Å²) in [5, 5.41) is 10.3. The van der Waals surface area contributed by atoms with E-state index in [-0.39, 0.29) is 0 Å². The molecule has 8 nitrogen and oxygen atoms in total. The van der Waals surface area contributed by atoms with Gasteiger partial charge < -0.3 is 22.2 Å². The molecule has 0 N–H and O–H groups in total. The van der Waals surface area contributed by atoms with E-state index in [1.54, 1.807) is 6.08 Å². The fourth-order valence-corrected chi connectivity index (χ4v) is 11.6. The normalized spacial score (nSPS) is 12.4. The van der Waals surface area contributed by atoms with Crippen LogP contribution in [0.1, 0.15) is 5.56 Å². The maximum Gasteiger partial charge on any atom is 0.164 e. The molecule has 0 saturated heterocycles. The summed E-state index contributed by atoms with van der Waals surface area (Å²) in [5.74, 6) is 1.52. The van der Waals surface area contributed by atoms with Gasteiger partial charge >= 0.3 is 0 Å². The number of benzene rings is 10. The fourth-order valence-electron chi connectivity index (χ4n) is 11.6. The van der Waals surface area contributed by atoms with E-state index in [4.69, 9.17) is 32.6 Å². The number of para-hydroxylation sites is 4. The quantitative estimate of drug-likeness (QED) is 0.140. The first-order valence-electron chi connectivity index (χ1n) is 25.6. The molecule has 0 atom stereocenters. The van der Waals surface area contributed by atoms with E-state index in [2.05, 4.69) is 157 Å². The first-order valence-corrected chi connectivity index (χ1v) is 25.6. The van der Waals surface area contributed by atoms with Crippen molar-refractivity contribution in [2.45, 2.75) is 0 Å². The Morgan fingerprint density at radius 2 is 0.883 bits per heavy atom. The molecule has 77 heavy (non-hydrogen) atoms. The molecule has 10 aromatic carbocycles. The number of furan rings is 4. The van der Waals surface area contributed by atoms with Crippen molar-refractivity contribution in [3.05, 3.63) is 237 Å². The zero-order valence-corrected chi connectivity index (χ0v) is 41.1. The van der Waals surface area contributed by atoms with Gasteiger partial charge in [0.05, 0.1) is 27.5 Å². The van der Waals surface area contributed by atoms with E-state index in [9.17, 15) is 0 Å². The highest BCUT2D eigenvalue weighted by Gasteiger charge is 2.25. The number of nitrogens with zero attached hydrogens (tertiary/aromatic N) is 4. The second-order valence-electron chi connectivity index (χ2n) is 19.4. The van der Waals surface area contributed by atoms with Crippen LogP contribution in [0.5, 0.6) is 0 Å². The zero-order valence-electron chi connectivity index (χ0n) is 41.1. The lowest BCUT2D eigenvalue weighted by Crippen LogP contribution is -2.04. The Balaban J connectivity index is 0.964. The van der Waals surface area contributed by atoms with E-state index in [1.807, 2.05) is 78.9 Å². The Bertz CT molecular complexity index is 5070. The number of allylic oxidation sites excluding steroid dienone is 4. The lowest BCUT2D eigenvalue weighted by Gasteiger charge is -2.19. The lowest BCUT2D eigenvalue weighted by atomic mass is 9.95. The van der Waals surface area contributed by atoms with Gasteiger partial charge in [-0.2, -0.15) is 0 Å². The van der Waals surface area contributed by atoms with Crippen molar-refractivity contribution in [2.24, 2.45) is 0 Å². The van der Waals surface area contributed by atoms with Crippen LogP contribution in [0.3, 0.4) is 0 Å². The van der Waals surface area contributed by atoms with Gasteiger partial charge in [-0.3, -0.25) is 0 Å². The minimum Gasteiger partial charge on any atom is -0.456 e. The van der Waals surface area contributed by atoms with Crippen molar-refractivity contribution in [1.82, 2.24) is 19.5 Å². The summed E-state index contributed by atoms with van der Waals surface area (Å²) < 4.78 is 28.7. The number of aromatic nitrogens is 4. The van der Waals surface area contributed by atoms with E-state index in [0.29, 0.717) is 17.5 Å². The molecule has 0 radical (unpaired) electrons. The molecule has 0 bridgehead atoms. The fraction of sp³-hybridized carbons (Fsp3) is 0. The SMILES string of the molecule is C=C/C=C\C=C\c1cc(-c2nc(-c3ccc4c(c3)oc3ccccc34)nc(-c3ccc4c(c3)oc3ccccc34)n2)cc(-c2ccccc2)c1-n1c2ccccc2c2c3oc4c(ccc5oc6ccccc6c54)c3ccc21. The standard InChI is InChI=1S/C69H40N4O4/c1-2-3-4-6-19-41-36-44(69-71-67(42-28-30-47-45-20-10-14-25-56(45)75-60(47)38-42)70-68(72-69)43-29-31-48-46-21-11-15-26-57(46)76-61(48)39-43)37-53(40-17-7-5-8-18-40)64(41)73-54-24-13-9-22-51(54)62-55(73)34-32-49-50-33-35-59-63(66(50)77-65(49)62)52-23-12-16-27-58(52)74-59/h2-39H,1H2/b4-3-,19-6+. The highest BCUT2D eigenvalue weighted by atomic mass is 16.3. The first-order chi connectivity index (χ1) is 38.1. The molecular formula is C69H40N4O4. The molecule has 16 aromatic rings. The van der Waals surface area contributed by atoms with Crippen molar-refractivity contribution >= 4 is 116 Å².